The minimum Gasteiger partial charge on any atom is -0.481 e. The first-order chi connectivity index (χ1) is 9.54. The lowest BCUT2D eigenvalue weighted by atomic mass is 9.93. The molecule has 0 saturated carbocycles. The van der Waals surface area contributed by atoms with Gasteiger partial charge >= 0.3 is 5.97 Å². The number of rotatable bonds is 5. The Morgan fingerprint density at radius 3 is 3.00 bits per heavy atom. The van der Waals surface area contributed by atoms with Crippen molar-refractivity contribution in [2.45, 2.75) is 39.2 Å². The summed E-state index contributed by atoms with van der Waals surface area (Å²) in [7, 11) is 0. The van der Waals surface area contributed by atoms with Crippen LogP contribution in [-0.2, 0) is 11.3 Å². The molecule has 0 aromatic heterocycles. The smallest absolute Gasteiger partial charge is 0.303 e. The van der Waals surface area contributed by atoms with Crippen molar-refractivity contribution >= 4 is 21.9 Å². The standard InChI is InChI=1S/C16H22BrNO2/c1-12-9-14(4-6-15(12)17)11-18-8-2-3-13(10-18)5-7-16(19)20/h4,6,9,13H,2-3,5,7-8,10-11H2,1H3,(H,19,20). The van der Waals surface area contributed by atoms with Crippen molar-refractivity contribution in [2.75, 3.05) is 13.1 Å². The Morgan fingerprint density at radius 2 is 2.30 bits per heavy atom. The Bertz CT molecular complexity index is 476. The number of hydrogen-bond donors (Lipinski definition) is 1. The van der Waals surface area contributed by atoms with E-state index in [-0.39, 0.29) is 0 Å². The number of likely N-dealkylation sites (tertiary alicyclic amines) is 1. The van der Waals surface area contributed by atoms with Gasteiger partial charge in [0.25, 0.3) is 0 Å². The van der Waals surface area contributed by atoms with Gasteiger partial charge < -0.3 is 5.11 Å². The van der Waals surface area contributed by atoms with E-state index in [0.717, 1.165) is 30.5 Å². The van der Waals surface area contributed by atoms with Gasteiger partial charge in [-0.05, 0) is 55.8 Å². The molecule has 0 amide bonds. The molecule has 0 aliphatic carbocycles. The van der Waals surface area contributed by atoms with E-state index in [1.54, 1.807) is 0 Å². The SMILES string of the molecule is Cc1cc(CN2CCCC(CCC(=O)O)C2)ccc1Br. The van der Waals surface area contributed by atoms with E-state index in [2.05, 4.69) is 46.0 Å². The van der Waals surface area contributed by atoms with Gasteiger partial charge in [-0.3, -0.25) is 9.69 Å². The van der Waals surface area contributed by atoms with E-state index in [9.17, 15) is 4.79 Å². The van der Waals surface area contributed by atoms with E-state index < -0.39 is 5.97 Å². The zero-order chi connectivity index (χ0) is 14.5. The first-order valence-electron chi connectivity index (χ1n) is 7.24. The second kappa shape index (κ2) is 7.23. The maximum atomic E-state index is 10.7. The number of hydrogen-bond acceptors (Lipinski definition) is 2. The van der Waals surface area contributed by atoms with Gasteiger partial charge in [0, 0.05) is 24.0 Å². The van der Waals surface area contributed by atoms with Crippen LogP contribution in [0.15, 0.2) is 22.7 Å². The molecule has 1 fully saturated rings. The predicted octanol–water partition coefficient (Wildman–Crippen LogP) is 3.83. The molecule has 1 aromatic carbocycles. The quantitative estimate of drug-likeness (QED) is 0.886. The lowest BCUT2D eigenvalue weighted by molar-refractivity contribution is -0.137. The number of nitrogens with zero attached hydrogens (tertiary/aromatic N) is 1. The lowest BCUT2D eigenvalue weighted by Crippen LogP contribution is -2.35. The Hall–Kier alpha value is -0.870. The van der Waals surface area contributed by atoms with Crippen LogP contribution in [-0.4, -0.2) is 29.1 Å². The summed E-state index contributed by atoms with van der Waals surface area (Å²) < 4.78 is 1.15. The van der Waals surface area contributed by atoms with Crippen molar-refractivity contribution in [3.8, 4) is 0 Å². The molecule has 1 aliphatic rings. The molecule has 1 heterocycles. The van der Waals surface area contributed by atoms with Crippen LogP contribution < -0.4 is 0 Å². The molecule has 1 unspecified atom stereocenters. The topological polar surface area (TPSA) is 40.5 Å². The van der Waals surface area contributed by atoms with Crippen molar-refractivity contribution in [3.63, 3.8) is 0 Å². The molecule has 1 saturated heterocycles. The van der Waals surface area contributed by atoms with Crippen LogP contribution in [0.5, 0.6) is 0 Å². The number of carbonyl (C=O) groups is 1. The van der Waals surface area contributed by atoms with Crippen molar-refractivity contribution in [2.24, 2.45) is 5.92 Å². The Kier molecular flexibility index (Phi) is 5.61. The summed E-state index contributed by atoms with van der Waals surface area (Å²) in [6.45, 7) is 5.23. The van der Waals surface area contributed by atoms with Crippen molar-refractivity contribution in [3.05, 3.63) is 33.8 Å². The van der Waals surface area contributed by atoms with Crippen molar-refractivity contribution < 1.29 is 9.90 Å². The molecule has 3 nitrogen and oxygen atoms in total. The Morgan fingerprint density at radius 1 is 1.50 bits per heavy atom. The van der Waals surface area contributed by atoms with E-state index in [1.165, 1.54) is 24.0 Å². The Labute approximate surface area is 129 Å². The normalized spacial score (nSPS) is 20.0. The average Bonchev–Trinajstić information content (AvgIpc) is 2.41. The zero-order valence-corrected chi connectivity index (χ0v) is 13.5. The van der Waals surface area contributed by atoms with Crippen molar-refractivity contribution in [1.82, 2.24) is 4.90 Å². The maximum Gasteiger partial charge on any atom is 0.303 e. The first kappa shape index (κ1) is 15.5. The molecular formula is C16H22BrNO2. The monoisotopic (exact) mass is 339 g/mol. The van der Waals surface area contributed by atoms with Gasteiger partial charge in [-0.1, -0.05) is 28.1 Å². The molecule has 1 aromatic rings. The predicted molar refractivity (Wildman–Crippen MR) is 83.7 cm³/mol. The fourth-order valence-corrected chi connectivity index (χ4v) is 3.17. The third-order valence-corrected chi connectivity index (χ3v) is 4.89. The maximum absolute atomic E-state index is 10.7. The van der Waals surface area contributed by atoms with Crippen LogP contribution in [0.1, 0.15) is 36.8 Å². The molecule has 110 valence electrons. The van der Waals surface area contributed by atoms with Crippen LogP contribution in [0, 0.1) is 12.8 Å². The van der Waals surface area contributed by atoms with E-state index in [4.69, 9.17) is 5.11 Å². The van der Waals surface area contributed by atoms with E-state index in [0.29, 0.717) is 12.3 Å². The minimum atomic E-state index is -0.675. The van der Waals surface area contributed by atoms with Gasteiger partial charge in [0.15, 0.2) is 0 Å². The molecule has 1 N–H and O–H groups in total. The fraction of sp³-hybridized carbons (Fsp3) is 0.562. The third-order valence-electron chi connectivity index (χ3n) is 4.00. The van der Waals surface area contributed by atoms with Gasteiger partial charge in [0.1, 0.15) is 0 Å². The van der Waals surface area contributed by atoms with Crippen LogP contribution in [0.25, 0.3) is 0 Å². The second-order valence-electron chi connectivity index (χ2n) is 5.76. The highest BCUT2D eigenvalue weighted by atomic mass is 79.9. The summed E-state index contributed by atoms with van der Waals surface area (Å²) in [5.74, 6) is -0.137. The Balaban J connectivity index is 1.88. The molecule has 0 radical (unpaired) electrons. The highest BCUT2D eigenvalue weighted by Gasteiger charge is 2.20. The number of carboxylic acid groups (broad SMARTS) is 1. The van der Waals surface area contributed by atoms with Crippen LogP contribution in [0.3, 0.4) is 0 Å². The number of aryl methyl sites for hydroxylation is 1. The summed E-state index contributed by atoms with van der Waals surface area (Å²) in [4.78, 5) is 13.1. The fourth-order valence-electron chi connectivity index (χ4n) is 2.92. The summed E-state index contributed by atoms with van der Waals surface area (Å²) in [5, 5.41) is 8.78. The summed E-state index contributed by atoms with van der Waals surface area (Å²) in [5.41, 5.74) is 2.60. The minimum absolute atomic E-state index is 0.301. The number of carboxylic acids is 1. The molecule has 2 rings (SSSR count). The van der Waals surface area contributed by atoms with Crippen LogP contribution in [0.4, 0.5) is 0 Å². The van der Waals surface area contributed by atoms with E-state index >= 15 is 0 Å². The number of benzene rings is 1. The molecule has 1 aliphatic heterocycles. The van der Waals surface area contributed by atoms with Gasteiger partial charge in [-0.2, -0.15) is 0 Å². The summed E-state index contributed by atoms with van der Waals surface area (Å²) >= 11 is 3.53. The summed E-state index contributed by atoms with van der Waals surface area (Å²) in [6.07, 6.45) is 3.46. The molecule has 4 heteroatoms. The summed E-state index contributed by atoms with van der Waals surface area (Å²) in [6, 6.07) is 6.50. The van der Waals surface area contributed by atoms with Crippen LogP contribution >= 0.6 is 15.9 Å². The highest BCUT2D eigenvalue weighted by molar-refractivity contribution is 9.10. The number of halogens is 1. The zero-order valence-electron chi connectivity index (χ0n) is 11.9. The van der Waals surface area contributed by atoms with Gasteiger partial charge in [-0.25, -0.2) is 0 Å². The third kappa shape index (κ3) is 4.60. The molecule has 20 heavy (non-hydrogen) atoms. The van der Waals surface area contributed by atoms with Gasteiger partial charge in [-0.15, -0.1) is 0 Å². The lowest BCUT2D eigenvalue weighted by Gasteiger charge is -2.32. The van der Waals surface area contributed by atoms with E-state index in [1.807, 2.05) is 0 Å². The molecule has 0 spiro atoms. The molecule has 1 atom stereocenters. The number of piperidine rings is 1. The number of aliphatic carboxylic acids is 1. The second-order valence-corrected chi connectivity index (χ2v) is 6.61. The van der Waals surface area contributed by atoms with Crippen molar-refractivity contribution in [1.29, 1.82) is 0 Å². The molecule has 0 bridgehead atoms. The molecular weight excluding hydrogens is 318 g/mol. The van der Waals surface area contributed by atoms with Gasteiger partial charge in [0.2, 0.25) is 0 Å². The van der Waals surface area contributed by atoms with Crippen LogP contribution in [0.2, 0.25) is 0 Å². The van der Waals surface area contributed by atoms with Gasteiger partial charge in [0.05, 0.1) is 0 Å². The average molecular weight is 340 g/mol. The highest BCUT2D eigenvalue weighted by Crippen LogP contribution is 2.24. The first-order valence-corrected chi connectivity index (χ1v) is 8.03. The largest absolute Gasteiger partial charge is 0.481 e.